The van der Waals surface area contributed by atoms with E-state index in [1.54, 1.807) is 0 Å². The van der Waals surface area contributed by atoms with Crippen molar-refractivity contribution < 1.29 is 28.1 Å². The molecule has 0 radical (unpaired) electrons. The van der Waals surface area contributed by atoms with E-state index in [-0.39, 0.29) is 28.6 Å². The van der Waals surface area contributed by atoms with Crippen molar-refractivity contribution in [2.24, 2.45) is 5.73 Å². The first-order valence-corrected chi connectivity index (χ1v) is 8.51. The van der Waals surface area contributed by atoms with E-state index < -0.39 is 15.7 Å². The van der Waals surface area contributed by atoms with Gasteiger partial charge < -0.3 is 19.7 Å². The summed E-state index contributed by atoms with van der Waals surface area (Å²) in [6.45, 7) is 1.90. The van der Waals surface area contributed by atoms with Crippen LogP contribution >= 0.6 is 0 Å². The third-order valence-electron chi connectivity index (χ3n) is 3.12. The van der Waals surface area contributed by atoms with E-state index in [4.69, 9.17) is 15.2 Å². The molecule has 0 spiro atoms. The lowest BCUT2D eigenvalue weighted by Crippen LogP contribution is -2.41. The number of unbranched alkanes of at least 4 members (excludes halogenated alkanes) is 1. The van der Waals surface area contributed by atoms with Gasteiger partial charge in [0, 0.05) is 18.1 Å². The molecule has 0 atom stereocenters. The molecule has 0 aliphatic rings. The minimum absolute atomic E-state index is 0.00316. The van der Waals surface area contributed by atoms with E-state index >= 15 is 0 Å². The minimum Gasteiger partial charge on any atom is -0.496 e. The van der Waals surface area contributed by atoms with Crippen LogP contribution in [0.15, 0.2) is 17.0 Å². The molecule has 1 aromatic rings. The molecule has 22 heavy (non-hydrogen) atoms. The quantitative estimate of drug-likeness (QED) is 0.590. The maximum Gasteiger partial charge on any atom is 0.224 e. The molecule has 1 rings (SSSR count). The van der Waals surface area contributed by atoms with E-state index in [0.717, 1.165) is 6.42 Å². The normalized spacial score (nSPS) is 12.3. The smallest absolute Gasteiger partial charge is 0.224 e. The fourth-order valence-corrected chi connectivity index (χ4v) is 3.66. The van der Waals surface area contributed by atoms with Gasteiger partial charge in [-0.3, -0.25) is 5.73 Å². The third kappa shape index (κ3) is 4.84. The average molecular weight is 333 g/mol. The van der Waals surface area contributed by atoms with E-state index in [2.05, 4.69) is 0 Å². The van der Waals surface area contributed by atoms with Gasteiger partial charge >= 0.3 is 0 Å². The molecule has 126 valence electrons. The summed E-state index contributed by atoms with van der Waals surface area (Å²) >= 11 is 0. The lowest BCUT2D eigenvalue weighted by molar-refractivity contribution is -0.153. The first-order chi connectivity index (χ1) is 10.1. The molecule has 0 aromatic heterocycles. The van der Waals surface area contributed by atoms with Crippen LogP contribution in [0, 0.1) is 0 Å². The molecule has 0 bridgehead atoms. The number of aliphatic hydroxyl groups is 2. The van der Waals surface area contributed by atoms with Crippen molar-refractivity contribution in [3.05, 3.63) is 17.7 Å². The van der Waals surface area contributed by atoms with E-state index in [1.165, 1.54) is 26.4 Å². The van der Waals surface area contributed by atoms with Gasteiger partial charge in [-0.15, -0.1) is 0 Å². The van der Waals surface area contributed by atoms with Crippen molar-refractivity contribution in [1.82, 2.24) is 0 Å². The predicted octanol–water partition coefficient (Wildman–Crippen LogP) is 0.417. The lowest BCUT2D eigenvalue weighted by atomic mass is 10.1. The summed E-state index contributed by atoms with van der Waals surface area (Å²) in [6.07, 6.45) is 0.956. The maximum atomic E-state index is 12.4. The fraction of sp³-hybridized carbons (Fsp3) is 0.571. The van der Waals surface area contributed by atoms with Gasteiger partial charge in [-0.1, -0.05) is 13.3 Å². The maximum absolute atomic E-state index is 12.4. The number of nitrogens with two attached hydrogens (primary N) is 1. The zero-order chi connectivity index (χ0) is 17.0. The number of benzene rings is 1. The Bertz CT molecular complexity index is 606. The molecule has 7 nitrogen and oxygen atoms in total. The van der Waals surface area contributed by atoms with Crippen LogP contribution in [0.3, 0.4) is 0 Å². The number of methoxy groups -OCH3 is 2. The molecule has 0 saturated heterocycles. The minimum atomic E-state index is -3.52. The average Bonchev–Trinajstić information content (AvgIpc) is 2.42. The van der Waals surface area contributed by atoms with Gasteiger partial charge in [0.25, 0.3) is 0 Å². The van der Waals surface area contributed by atoms with Crippen LogP contribution in [0.5, 0.6) is 11.5 Å². The van der Waals surface area contributed by atoms with Crippen molar-refractivity contribution in [1.29, 1.82) is 0 Å². The molecule has 4 N–H and O–H groups in total. The van der Waals surface area contributed by atoms with Crippen LogP contribution in [-0.2, 0) is 16.3 Å². The molecule has 0 aliphatic carbocycles. The topological polar surface area (TPSA) is 119 Å². The van der Waals surface area contributed by atoms with Crippen LogP contribution in [0.25, 0.3) is 0 Å². The van der Waals surface area contributed by atoms with Crippen molar-refractivity contribution in [2.75, 3.05) is 20.0 Å². The third-order valence-corrected chi connectivity index (χ3v) is 4.93. The zero-order valence-corrected chi connectivity index (χ0v) is 13.8. The summed E-state index contributed by atoms with van der Waals surface area (Å²) in [6, 6.07) is 2.72. The molecule has 0 saturated carbocycles. The highest BCUT2D eigenvalue weighted by molar-refractivity contribution is 7.91. The lowest BCUT2D eigenvalue weighted by Gasteiger charge is -2.19. The van der Waals surface area contributed by atoms with Gasteiger partial charge in [0.2, 0.25) is 5.91 Å². The Labute approximate surface area is 130 Å². The Balaban J connectivity index is 3.37. The summed E-state index contributed by atoms with van der Waals surface area (Å²) in [4.78, 5) is 0.0163. The van der Waals surface area contributed by atoms with Gasteiger partial charge in [-0.25, -0.2) is 8.42 Å². The van der Waals surface area contributed by atoms with Gasteiger partial charge in [-0.2, -0.15) is 0 Å². The summed E-state index contributed by atoms with van der Waals surface area (Å²) in [5.41, 5.74) is 5.50. The standard InChI is InChI=1S/C14H23NO6S/c1-4-5-6-22(18,19)13-8-11(20-2)10(7-12(13)21-3)9-14(15,16)17/h7-8,16-17H,4-6,9,15H2,1-3H3. The molecule has 0 fully saturated rings. The van der Waals surface area contributed by atoms with Crippen molar-refractivity contribution >= 4 is 9.84 Å². The van der Waals surface area contributed by atoms with Crippen molar-refractivity contribution in [2.45, 2.75) is 37.0 Å². The fourth-order valence-electron chi connectivity index (χ4n) is 2.04. The van der Waals surface area contributed by atoms with Crippen LogP contribution < -0.4 is 15.2 Å². The Kier molecular flexibility index (Phi) is 6.18. The molecular weight excluding hydrogens is 310 g/mol. The van der Waals surface area contributed by atoms with Crippen LogP contribution in [0.4, 0.5) is 0 Å². The number of hydrogen-bond acceptors (Lipinski definition) is 7. The van der Waals surface area contributed by atoms with Crippen molar-refractivity contribution in [3.63, 3.8) is 0 Å². The van der Waals surface area contributed by atoms with E-state index in [0.29, 0.717) is 12.0 Å². The summed E-state index contributed by atoms with van der Waals surface area (Å²) in [5.74, 6) is -2.10. The van der Waals surface area contributed by atoms with Crippen LogP contribution in [0.2, 0.25) is 0 Å². The second-order valence-electron chi connectivity index (χ2n) is 5.04. The zero-order valence-electron chi connectivity index (χ0n) is 13.0. The Morgan fingerprint density at radius 3 is 2.23 bits per heavy atom. The Morgan fingerprint density at radius 1 is 1.18 bits per heavy atom. The first kappa shape index (κ1) is 18.7. The van der Waals surface area contributed by atoms with Gasteiger partial charge in [0.1, 0.15) is 16.4 Å². The predicted molar refractivity (Wildman–Crippen MR) is 81.6 cm³/mol. The molecule has 0 aliphatic heterocycles. The van der Waals surface area contributed by atoms with Gasteiger partial charge in [0.15, 0.2) is 9.84 Å². The Hall–Kier alpha value is -1.35. The molecule has 0 unspecified atom stereocenters. The largest absolute Gasteiger partial charge is 0.496 e. The second kappa shape index (κ2) is 7.28. The Morgan fingerprint density at radius 2 is 1.77 bits per heavy atom. The monoisotopic (exact) mass is 333 g/mol. The highest BCUT2D eigenvalue weighted by atomic mass is 32.2. The molecule has 8 heteroatoms. The van der Waals surface area contributed by atoms with Gasteiger partial charge in [-0.05, 0) is 12.5 Å². The molecule has 0 amide bonds. The summed E-state index contributed by atoms with van der Waals surface area (Å²) in [7, 11) is -0.812. The number of rotatable bonds is 8. The number of sulfone groups is 1. The number of ether oxygens (including phenoxy) is 2. The summed E-state index contributed by atoms with van der Waals surface area (Å²) in [5, 5.41) is 18.6. The number of hydrogen-bond donors (Lipinski definition) is 3. The second-order valence-corrected chi connectivity index (χ2v) is 7.12. The summed E-state index contributed by atoms with van der Waals surface area (Å²) < 4.78 is 35.0. The first-order valence-electron chi connectivity index (χ1n) is 6.86. The SMILES string of the molecule is CCCCS(=O)(=O)c1cc(OC)c(CC(N)(O)O)cc1OC. The highest BCUT2D eigenvalue weighted by Crippen LogP contribution is 2.34. The van der Waals surface area contributed by atoms with Crippen LogP contribution in [-0.4, -0.2) is 44.5 Å². The highest BCUT2D eigenvalue weighted by Gasteiger charge is 2.25. The van der Waals surface area contributed by atoms with E-state index in [9.17, 15) is 18.6 Å². The molecule has 0 heterocycles. The van der Waals surface area contributed by atoms with Gasteiger partial charge in [0.05, 0.1) is 20.0 Å². The van der Waals surface area contributed by atoms with Crippen LogP contribution in [0.1, 0.15) is 25.3 Å². The molecular formula is C14H23NO6S. The van der Waals surface area contributed by atoms with E-state index in [1.807, 2.05) is 6.92 Å². The van der Waals surface area contributed by atoms with Crippen molar-refractivity contribution in [3.8, 4) is 11.5 Å². The molecule has 1 aromatic carbocycles.